The predicted molar refractivity (Wildman–Crippen MR) is 89.8 cm³/mol. The van der Waals surface area contributed by atoms with Gasteiger partial charge in [0.2, 0.25) is 0 Å². The molecule has 0 saturated heterocycles. The fourth-order valence-electron chi connectivity index (χ4n) is 2.43. The highest BCUT2D eigenvalue weighted by Crippen LogP contribution is 2.28. The van der Waals surface area contributed by atoms with Crippen molar-refractivity contribution < 1.29 is 0 Å². The van der Waals surface area contributed by atoms with E-state index in [-0.39, 0.29) is 0 Å². The number of nitrogens with zero attached hydrogens (tertiary/aromatic N) is 1. The van der Waals surface area contributed by atoms with E-state index in [1.807, 2.05) is 6.20 Å². The van der Waals surface area contributed by atoms with Crippen LogP contribution in [0.5, 0.6) is 0 Å². The number of benzene rings is 1. The van der Waals surface area contributed by atoms with Crippen molar-refractivity contribution in [3.8, 4) is 10.6 Å². The standard InChI is InChI=1S/C17H19N3S/c1-12(2)14-6-3-4-7-15(14)18-10-13-11-19-20-17(13)16-8-5-9-21-16/h3-9,11-12,18H,10H2,1-2H3,(H,19,20). The molecule has 0 aliphatic carbocycles. The first-order valence-corrected chi connectivity index (χ1v) is 8.02. The highest BCUT2D eigenvalue weighted by atomic mass is 32.1. The van der Waals surface area contributed by atoms with E-state index in [0.29, 0.717) is 5.92 Å². The van der Waals surface area contributed by atoms with Crippen molar-refractivity contribution in [1.82, 2.24) is 10.2 Å². The quantitative estimate of drug-likeness (QED) is 0.705. The van der Waals surface area contributed by atoms with E-state index >= 15 is 0 Å². The molecule has 0 fully saturated rings. The Morgan fingerprint density at radius 3 is 2.81 bits per heavy atom. The van der Waals surface area contributed by atoms with Gasteiger partial charge in [0, 0.05) is 17.8 Å². The van der Waals surface area contributed by atoms with Crippen LogP contribution in [0.15, 0.2) is 48.0 Å². The maximum absolute atomic E-state index is 4.19. The summed E-state index contributed by atoms with van der Waals surface area (Å²) < 4.78 is 0. The van der Waals surface area contributed by atoms with E-state index in [2.05, 4.69) is 71.1 Å². The molecule has 4 heteroatoms. The molecule has 3 rings (SSSR count). The number of anilines is 1. The number of H-pyrrole nitrogens is 1. The molecule has 0 radical (unpaired) electrons. The van der Waals surface area contributed by atoms with Crippen LogP contribution in [0, 0.1) is 0 Å². The van der Waals surface area contributed by atoms with E-state index in [1.165, 1.54) is 21.7 Å². The molecule has 2 aromatic heterocycles. The maximum atomic E-state index is 4.19. The normalized spacial score (nSPS) is 11.0. The molecule has 3 nitrogen and oxygen atoms in total. The number of hydrogen-bond acceptors (Lipinski definition) is 3. The summed E-state index contributed by atoms with van der Waals surface area (Å²) in [5.74, 6) is 0.509. The Morgan fingerprint density at radius 1 is 1.19 bits per heavy atom. The average Bonchev–Trinajstić information content (AvgIpc) is 3.16. The zero-order chi connectivity index (χ0) is 14.7. The summed E-state index contributed by atoms with van der Waals surface area (Å²) in [6, 6.07) is 12.7. The van der Waals surface area contributed by atoms with Crippen LogP contribution in [0.4, 0.5) is 5.69 Å². The van der Waals surface area contributed by atoms with Gasteiger partial charge in [0.15, 0.2) is 0 Å². The van der Waals surface area contributed by atoms with E-state index in [4.69, 9.17) is 0 Å². The third-order valence-electron chi connectivity index (χ3n) is 3.54. The number of rotatable bonds is 5. The number of aromatic nitrogens is 2. The lowest BCUT2D eigenvalue weighted by Crippen LogP contribution is -2.03. The zero-order valence-electron chi connectivity index (χ0n) is 12.3. The van der Waals surface area contributed by atoms with E-state index < -0.39 is 0 Å². The molecule has 3 aromatic rings. The van der Waals surface area contributed by atoms with Gasteiger partial charge in [0.25, 0.3) is 0 Å². The third-order valence-corrected chi connectivity index (χ3v) is 4.42. The summed E-state index contributed by atoms with van der Waals surface area (Å²) in [4.78, 5) is 1.22. The first-order valence-electron chi connectivity index (χ1n) is 7.14. The van der Waals surface area contributed by atoms with Crippen LogP contribution in [-0.2, 0) is 6.54 Å². The second-order valence-corrected chi connectivity index (χ2v) is 6.29. The number of nitrogens with one attached hydrogen (secondary N) is 2. The van der Waals surface area contributed by atoms with Crippen LogP contribution >= 0.6 is 11.3 Å². The van der Waals surface area contributed by atoms with Gasteiger partial charge in [0.1, 0.15) is 0 Å². The van der Waals surface area contributed by atoms with Crippen LogP contribution in [-0.4, -0.2) is 10.2 Å². The Bertz CT molecular complexity index is 698. The smallest absolute Gasteiger partial charge is 0.0799 e. The fourth-order valence-corrected chi connectivity index (χ4v) is 3.19. The van der Waals surface area contributed by atoms with Gasteiger partial charge >= 0.3 is 0 Å². The van der Waals surface area contributed by atoms with Crippen molar-refractivity contribution in [2.75, 3.05) is 5.32 Å². The molecule has 108 valence electrons. The van der Waals surface area contributed by atoms with Crippen LogP contribution < -0.4 is 5.32 Å². The largest absolute Gasteiger partial charge is 0.381 e. The first-order chi connectivity index (χ1) is 10.3. The lowest BCUT2D eigenvalue weighted by atomic mass is 10.0. The summed E-state index contributed by atoms with van der Waals surface area (Å²) in [5.41, 5.74) is 4.85. The molecular weight excluding hydrogens is 278 g/mol. The number of para-hydroxylation sites is 1. The van der Waals surface area contributed by atoms with Gasteiger partial charge in [-0.25, -0.2) is 0 Å². The van der Waals surface area contributed by atoms with Gasteiger partial charge in [-0.05, 0) is 29.0 Å². The van der Waals surface area contributed by atoms with E-state index in [1.54, 1.807) is 11.3 Å². The summed E-state index contributed by atoms with van der Waals surface area (Å²) in [5, 5.41) is 12.9. The number of aromatic amines is 1. The highest BCUT2D eigenvalue weighted by molar-refractivity contribution is 7.13. The molecule has 0 saturated carbocycles. The molecule has 0 atom stereocenters. The van der Waals surface area contributed by atoms with Crippen molar-refractivity contribution in [1.29, 1.82) is 0 Å². The van der Waals surface area contributed by atoms with Crippen LogP contribution in [0.25, 0.3) is 10.6 Å². The molecule has 0 amide bonds. The molecule has 2 heterocycles. The Hall–Kier alpha value is -2.07. The van der Waals surface area contributed by atoms with Gasteiger partial charge in [-0.3, -0.25) is 5.10 Å². The van der Waals surface area contributed by atoms with Gasteiger partial charge in [0.05, 0.1) is 16.8 Å². The van der Waals surface area contributed by atoms with Crippen LogP contribution in [0.3, 0.4) is 0 Å². The number of hydrogen-bond donors (Lipinski definition) is 2. The van der Waals surface area contributed by atoms with Crippen molar-refractivity contribution >= 4 is 17.0 Å². The Labute approximate surface area is 129 Å². The lowest BCUT2D eigenvalue weighted by molar-refractivity contribution is 0.865. The summed E-state index contributed by atoms with van der Waals surface area (Å²) in [7, 11) is 0. The molecule has 0 bridgehead atoms. The molecule has 2 N–H and O–H groups in total. The topological polar surface area (TPSA) is 40.7 Å². The van der Waals surface area contributed by atoms with Crippen molar-refractivity contribution in [2.45, 2.75) is 26.3 Å². The minimum atomic E-state index is 0.509. The SMILES string of the molecule is CC(C)c1ccccc1NCc1cn[nH]c1-c1cccs1. The van der Waals surface area contributed by atoms with Gasteiger partial charge in [-0.2, -0.15) is 5.10 Å². The van der Waals surface area contributed by atoms with E-state index in [9.17, 15) is 0 Å². The molecule has 0 aliphatic rings. The van der Waals surface area contributed by atoms with Gasteiger partial charge < -0.3 is 5.32 Å². The van der Waals surface area contributed by atoms with Crippen molar-refractivity contribution in [3.63, 3.8) is 0 Å². The molecule has 0 unspecified atom stereocenters. The predicted octanol–water partition coefficient (Wildman–Crippen LogP) is 4.87. The average molecular weight is 297 g/mol. The minimum Gasteiger partial charge on any atom is -0.381 e. The zero-order valence-corrected chi connectivity index (χ0v) is 13.1. The van der Waals surface area contributed by atoms with E-state index in [0.717, 1.165) is 12.2 Å². The highest BCUT2D eigenvalue weighted by Gasteiger charge is 2.10. The minimum absolute atomic E-state index is 0.509. The second kappa shape index (κ2) is 6.14. The number of thiophene rings is 1. The maximum Gasteiger partial charge on any atom is 0.0799 e. The van der Waals surface area contributed by atoms with Crippen LogP contribution in [0.2, 0.25) is 0 Å². The molecular formula is C17H19N3S. The molecule has 1 aromatic carbocycles. The summed E-state index contributed by atoms with van der Waals surface area (Å²) in [6.07, 6.45) is 1.90. The second-order valence-electron chi connectivity index (χ2n) is 5.34. The van der Waals surface area contributed by atoms with Crippen LogP contribution in [0.1, 0.15) is 30.9 Å². The monoisotopic (exact) mass is 297 g/mol. The summed E-state index contributed by atoms with van der Waals surface area (Å²) in [6.45, 7) is 5.21. The van der Waals surface area contributed by atoms with Crippen molar-refractivity contribution in [3.05, 3.63) is 59.1 Å². The molecule has 21 heavy (non-hydrogen) atoms. The lowest BCUT2D eigenvalue weighted by Gasteiger charge is -2.14. The molecule has 0 aliphatic heterocycles. The van der Waals surface area contributed by atoms with Crippen molar-refractivity contribution in [2.24, 2.45) is 0 Å². The van der Waals surface area contributed by atoms with Gasteiger partial charge in [-0.1, -0.05) is 38.1 Å². The molecule has 0 spiro atoms. The Kier molecular flexibility index (Phi) is 4.06. The third kappa shape index (κ3) is 3.00. The Morgan fingerprint density at radius 2 is 2.05 bits per heavy atom. The first kappa shape index (κ1) is 13.9. The fraction of sp³-hybridized carbons (Fsp3) is 0.235. The summed E-state index contributed by atoms with van der Waals surface area (Å²) >= 11 is 1.73. The van der Waals surface area contributed by atoms with Gasteiger partial charge in [-0.15, -0.1) is 11.3 Å². The Balaban J connectivity index is 1.79.